The van der Waals surface area contributed by atoms with Gasteiger partial charge in [-0.25, -0.2) is 4.98 Å². The summed E-state index contributed by atoms with van der Waals surface area (Å²) in [5.74, 6) is 2.20. The molecule has 3 rings (SSSR count). The Hall–Kier alpha value is -2.42. The topological polar surface area (TPSA) is 83.5 Å². The first-order chi connectivity index (χ1) is 10.3. The van der Waals surface area contributed by atoms with Crippen molar-refractivity contribution in [1.82, 2.24) is 35.0 Å². The number of aryl methyl sites for hydroxylation is 1. The summed E-state index contributed by atoms with van der Waals surface area (Å²) >= 11 is 1.49. The van der Waals surface area contributed by atoms with Gasteiger partial charge in [0.15, 0.2) is 0 Å². The minimum absolute atomic E-state index is 0.631. The highest BCUT2D eigenvalue weighted by atomic mass is 32.2. The third-order valence-corrected chi connectivity index (χ3v) is 3.81. The van der Waals surface area contributed by atoms with Crippen LogP contribution in [0, 0.1) is 0 Å². The van der Waals surface area contributed by atoms with E-state index in [9.17, 15) is 0 Å². The Bertz CT molecular complexity index is 739. The van der Waals surface area contributed by atoms with E-state index in [1.807, 2.05) is 31.3 Å². The maximum absolute atomic E-state index is 5.34. The number of tetrazole rings is 1. The third-order valence-electron chi connectivity index (χ3n) is 2.89. The Morgan fingerprint density at radius 3 is 2.90 bits per heavy atom. The van der Waals surface area contributed by atoms with Crippen molar-refractivity contribution in [1.29, 1.82) is 0 Å². The molecule has 21 heavy (non-hydrogen) atoms. The average Bonchev–Trinajstić information content (AvgIpc) is 3.13. The molecule has 0 amide bonds. The van der Waals surface area contributed by atoms with Crippen LogP contribution in [0.15, 0.2) is 35.7 Å². The number of methoxy groups -OCH3 is 1. The minimum Gasteiger partial charge on any atom is -0.494 e. The Balaban J connectivity index is 1.86. The Kier molecular flexibility index (Phi) is 3.82. The Labute approximate surface area is 125 Å². The summed E-state index contributed by atoms with van der Waals surface area (Å²) in [5, 5.41) is 16.5. The smallest absolute Gasteiger partial charge is 0.214 e. The molecule has 0 aliphatic rings. The molecule has 0 bridgehead atoms. The number of benzene rings is 1. The van der Waals surface area contributed by atoms with Crippen LogP contribution in [0.1, 0.15) is 5.82 Å². The molecule has 0 aliphatic heterocycles. The number of hydrogen-bond acceptors (Lipinski definition) is 7. The molecule has 1 aromatic carbocycles. The molecule has 0 unspecified atom stereocenters. The highest BCUT2D eigenvalue weighted by Crippen LogP contribution is 2.26. The van der Waals surface area contributed by atoms with Crippen molar-refractivity contribution < 1.29 is 4.74 Å². The number of aromatic nitrogens is 7. The predicted molar refractivity (Wildman–Crippen MR) is 76.3 cm³/mol. The fraction of sp³-hybridized carbons (Fsp3) is 0.250. The molecule has 0 fully saturated rings. The summed E-state index contributed by atoms with van der Waals surface area (Å²) in [6.45, 7) is 0. The van der Waals surface area contributed by atoms with Gasteiger partial charge in [0, 0.05) is 7.05 Å². The highest BCUT2D eigenvalue weighted by Gasteiger charge is 2.13. The Morgan fingerprint density at radius 1 is 1.29 bits per heavy atom. The maximum Gasteiger partial charge on any atom is 0.214 e. The normalized spacial score (nSPS) is 10.8. The van der Waals surface area contributed by atoms with Gasteiger partial charge in [0.25, 0.3) is 0 Å². The molecule has 0 atom stereocenters. The van der Waals surface area contributed by atoms with Gasteiger partial charge in [-0.15, -0.1) is 5.10 Å². The lowest BCUT2D eigenvalue weighted by atomic mass is 10.3. The van der Waals surface area contributed by atoms with E-state index in [1.165, 1.54) is 18.1 Å². The quantitative estimate of drug-likeness (QED) is 0.652. The average molecular weight is 303 g/mol. The van der Waals surface area contributed by atoms with Crippen LogP contribution in [0.2, 0.25) is 0 Å². The van der Waals surface area contributed by atoms with Gasteiger partial charge in [-0.05, 0) is 22.6 Å². The first-order valence-corrected chi connectivity index (χ1v) is 7.15. The molecule has 3 aromatic rings. The van der Waals surface area contributed by atoms with Gasteiger partial charge in [-0.1, -0.05) is 23.9 Å². The summed E-state index contributed by atoms with van der Waals surface area (Å²) in [5.41, 5.74) is 0.797. The van der Waals surface area contributed by atoms with Crippen molar-refractivity contribution in [3.05, 3.63) is 36.4 Å². The predicted octanol–water partition coefficient (Wildman–Crippen LogP) is 1.09. The fourth-order valence-electron chi connectivity index (χ4n) is 1.80. The molecular weight excluding hydrogens is 290 g/mol. The molecule has 0 N–H and O–H groups in total. The summed E-state index contributed by atoms with van der Waals surface area (Å²) in [4.78, 5) is 4.18. The van der Waals surface area contributed by atoms with Crippen LogP contribution in [-0.4, -0.2) is 42.1 Å². The van der Waals surface area contributed by atoms with Gasteiger partial charge >= 0.3 is 0 Å². The second kappa shape index (κ2) is 5.92. The van der Waals surface area contributed by atoms with Crippen LogP contribution in [0.25, 0.3) is 5.69 Å². The zero-order chi connectivity index (χ0) is 14.7. The van der Waals surface area contributed by atoms with E-state index < -0.39 is 0 Å². The van der Waals surface area contributed by atoms with Crippen molar-refractivity contribution in [2.75, 3.05) is 7.11 Å². The monoisotopic (exact) mass is 303 g/mol. The van der Waals surface area contributed by atoms with Crippen LogP contribution in [0.4, 0.5) is 0 Å². The van der Waals surface area contributed by atoms with Gasteiger partial charge in [-0.3, -0.25) is 4.68 Å². The number of thioether (sulfide) groups is 1. The van der Waals surface area contributed by atoms with Crippen molar-refractivity contribution in [3.63, 3.8) is 0 Å². The molecule has 0 saturated heterocycles. The number of nitrogens with zero attached hydrogens (tertiary/aromatic N) is 7. The van der Waals surface area contributed by atoms with Crippen LogP contribution in [0.5, 0.6) is 5.75 Å². The zero-order valence-corrected chi connectivity index (χ0v) is 12.4. The summed E-state index contributed by atoms with van der Waals surface area (Å²) in [7, 11) is 3.47. The molecule has 0 aliphatic carbocycles. The lowest BCUT2D eigenvalue weighted by molar-refractivity contribution is 0.410. The summed E-state index contributed by atoms with van der Waals surface area (Å²) in [6.07, 6.45) is 1.53. The second-order valence-corrected chi connectivity index (χ2v) is 5.08. The molecular formula is C12H13N7OS. The van der Waals surface area contributed by atoms with Gasteiger partial charge < -0.3 is 4.74 Å². The van der Waals surface area contributed by atoms with Crippen LogP contribution in [0.3, 0.4) is 0 Å². The fourth-order valence-corrected chi connectivity index (χ4v) is 2.68. The van der Waals surface area contributed by atoms with E-state index >= 15 is 0 Å². The van der Waals surface area contributed by atoms with Gasteiger partial charge in [0.2, 0.25) is 5.16 Å². The van der Waals surface area contributed by atoms with E-state index in [2.05, 4.69) is 25.6 Å². The molecule has 0 radical (unpaired) electrons. The van der Waals surface area contributed by atoms with Crippen LogP contribution < -0.4 is 4.74 Å². The SMILES string of the molecule is COc1ccccc1-n1nnnc1SCc1ncnn1C. The highest BCUT2D eigenvalue weighted by molar-refractivity contribution is 7.98. The van der Waals surface area contributed by atoms with E-state index in [4.69, 9.17) is 4.74 Å². The van der Waals surface area contributed by atoms with Crippen LogP contribution >= 0.6 is 11.8 Å². The summed E-state index contributed by atoms with van der Waals surface area (Å²) < 4.78 is 8.72. The molecule has 108 valence electrons. The molecule has 8 nitrogen and oxygen atoms in total. The van der Waals surface area contributed by atoms with Gasteiger partial charge in [0.1, 0.15) is 23.6 Å². The van der Waals surface area contributed by atoms with Crippen molar-refractivity contribution >= 4 is 11.8 Å². The Morgan fingerprint density at radius 2 is 2.14 bits per heavy atom. The lowest BCUT2D eigenvalue weighted by Crippen LogP contribution is -2.03. The van der Waals surface area contributed by atoms with Gasteiger partial charge in [-0.2, -0.15) is 9.78 Å². The molecule has 0 spiro atoms. The number of ether oxygens (including phenoxy) is 1. The zero-order valence-electron chi connectivity index (χ0n) is 11.5. The number of hydrogen-bond donors (Lipinski definition) is 0. The third kappa shape index (κ3) is 2.72. The summed E-state index contributed by atoms with van der Waals surface area (Å²) in [6, 6.07) is 7.59. The molecule has 0 saturated carbocycles. The van der Waals surface area contributed by atoms with Crippen molar-refractivity contribution in [2.24, 2.45) is 7.05 Å². The molecule has 9 heteroatoms. The standard InChI is InChI=1S/C12H13N7OS/c1-18-11(13-8-14-18)7-21-12-15-16-17-19(12)9-5-3-4-6-10(9)20-2/h3-6,8H,7H2,1-2H3. The molecule has 2 heterocycles. The van der Waals surface area contributed by atoms with E-state index in [-0.39, 0.29) is 0 Å². The number of para-hydroxylation sites is 2. The minimum atomic E-state index is 0.631. The van der Waals surface area contributed by atoms with E-state index in [0.29, 0.717) is 16.7 Å². The van der Waals surface area contributed by atoms with E-state index in [0.717, 1.165) is 11.5 Å². The molecule has 2 aromatic heterocycles. The second-order valence-electron chi connectivity index (χ2n) is 4.13. The van der Waals surface area contributed by atoms with Crippen LogP contribution in [-0.2, 0) is 12.8 Å². The largest absolute Gasteiger partial charge is 0.494 e. The van der Waals surface area contributed by atoms with Crippen molar-refractivity contribution in [3.8, 4) is 11.4 Å². The van der Waals surface area contributed by atoms with E-state index in [1.54, 1.807) is 16.5 Å². The number of rotatable bonds is 5. The maximum atomic E-state index is 5.34. The van der Waals surface area contributed by atoms with Gasteiger partial charge in [0.05, 0.1) is 12.9 Å². The lowest BCUT2D eigenvalue weighted by Gasteiger charge is -2.08. The van der Waals surface area contributed by atoms with Crippen molar-refractivity contribution in [2.45, 2.75) is 10.9 Å². The first kappa shape index (κ1) is 13.6. The first-order valence-electron chi connectivity index (χ1n) is 6.17.